The van der Waals surface area contributed by atoms with Crippen LogP contribution in [0.3, 0.4) is 0 Å². The van der Waals surface area contributed by atoms with E-state index in [1.54, 1.807) is 24.3 Å². The van der Waals surface area contributed by atoms with Gasteiger partial charge in [-0.05, 0) is 48.2 Å². The Bertz CT molecular complexity index is 971. The molecule has 1 aliphatic rings. The molecule has 0 aliphatic heterocycles. The van der Waals surface area contributed by atoms with Crippen LogP contribution in [0.5, 0.6) is 11.5 Å². The molecule has 10 heteroatoms. The highest BCUT2D eigenvalue weighted by Gasteiger charge is 2.35. The molecular weight excluding hydrogens is 432 g/mol. The second-order valence-corrected chi connectivity index (χ2v) is 9.64. The molecule has 0 aromatic heterocycles. The van der Waals surface area contributed by atoms with Crippen molar-refractivity contribution in [1.82, 2.24) is 0 Å². The fourth-order valence-electron chi connectivity index (χ4n) is 3.86. The van der Waals surface area contributed by atoms with Crippen molar-refractivity contribution >= 4 is 20.8 Å². The smallest absolute Gasteiger partial charge is 0.362 e. The highest BCUT2D eigenvalue weighted by molar-refractivity contribution is 7.82. The molecule has 0 atom stereocenters. The van der Waals surface area contributed by atoms with Gasteiger partial charge in [0.15, 0.2) is 0 Å². The maximum Gasteiger partial charge on any atom is 0.448 e. The van der Waals surface area contributed by atoms with Crippen LogP contribution < -0.4 is 8.37 Å². The summed E-state index contributed by atoms with van der Waals surface area (Å²) in [6, 6.07) is 13.8. The second-order valence-electron chi connectivity index (χ2n) is 7.01. The van der Waals surface area contributed by atoms with Crippen molar-refractivity contribution in [2.24, 2.45) is 0 Å². The molecule has 30 heavy (non-hydrogen) atoms. The molecule has 0 amide bonds. The van der Waals surface area contributed by atoms with Crippen molar-refractivity contribution < 1.29 is 33.6 Å². The molecule has 8 nitrogen and oxygen atoms in total. The first-order valence-corrected chi connectivity index (χ1v) is 12.1. The quantitative estimate of drug-likeness (QED) is 0.595. The molecule has 0 radical (unpaired) electrons. The Morgan fingerprint density at radius 3 is 1.33 bits per heavy atom. The lowest BCUT2D eigenvalue weighted by molar-refractivity contribution is 0.329. The van der Waals surface area contributed by atoms with E-state index in [2.05, 4.69) is 8.37 Å². The Morgan fingerprint density at radius 1 is 0.633 bits per heavy atom. The number of rotatable bonds is 8. The van der Waals surface area contributed by atoms with Crippen molar-refractivity contribution in [2.45, 2.75) is 37.5 Å². The Hall–Kier alpha value is -2.14. The zero-order valence-corrected chi connectivity index (χ0v) is 18.4. The van der Waals surface area contributed by atoms with E-state index in [1.165, 1.54) is 0 Å². The molecule has 0 unspecified atom stereocenters. The summed E-state index contributed by atoms with van der Waals surface area (Å²) >= 11 is 0. The average Bonchev–Trinajstić information content (AvgIpc) is 2.75. The van der Waals surface area contributed by atoms with E-state index < -0.39 is 20.8 Å². The molecule has 0 N–H and O–H groups in total. The van der Waals surface area contributed by atoms with Crippen LogP contribution in [0.25, 0.3) is 0 Å². The molecule has 0 spiro atoms. The lowest BCUT2D eigenvalue weighted by Crippen LogP contribution is -2.30. The molecule has 1 fully saturated rings. The first-order valence-electron chi connectivity index (χ1n) is 9.41. The van der Waals surface area contributed by atoms with E-state index in [4.69, 9.17) is 8.37 Å². The van der Waals surface area contributed by atoms with Gasteiger partial charge in [0.05, 0.1) is 14.2 Å². The Morgan fingerprint density at radius 2 is 1.00 bits per heavy atom. The van der Waals surface area contributed by atoms with Crippen LogP contribution in [-0.2, 0) is 34.6 Å². The summed E-state index contributed by atoms with van der Waals surface area (Å²) in [5.74, 6) is 0.333. The first kappa shape index (κ1) is 22.5. The van der Waals surface area contributed by atoms with E-state index in [-0.39, 0.29) is 16.9 Å². The van der Waals surface area contributed by atoms with E-state index in [0.717, 1.165) is 57.5 Å². The fraction of sp³-hybridized carbons (Fsp3) is 0.400. The summed E-state index contributed by atoms with van der Waals surface area (Å²) < 4.78 is 64.3. The molecule has 2 aromatic rings. The number of hydrogen-bond donors (Lipinski definition) is 0. The lowest BCUT2D eigenvalue weighted by Gasteiger charge is -2.38. The molecule has 1 saturated carbocycles. The summed E-state index contributed by atoms with van der Waals surface area (Å²) in [4.78, 5) is 0. The monoisotopic (exact) mass is 456 g/mol. The zero-order valence-electron chi connectivity index (χ0n) is 16.7. The largest absolute Gasteiger partial charge is 0.448 e. The lowest BCUT2D eigenvalue weighted by atomic mass is 9.65. The minimum atomic E-state index is -4.07. The van der Waals surface area contributed by atoms with Gasteiger partial charge in [-0.15, -0.1) is 0 Å². The van der Waals surface area contributed by atoms with Crippen molar-refractivity contribution in [3.05, 3.63) is 59.7 Å². The molecule has 0 bridgehead atoms. The standard InChI is InChI=1S/C20H24O8S2/c1-25-29(21,22)27-18-10-6-16(7-11-18)20(14-4-3-5-15-20)17-8-12-19(13-9-17)28-30(23,24)26-2/h6-13H,3-5,14-15H2,1-2H3. The minimum Gasteiger partial charge on any atom is -0.362 e. The molecule has 1 aliphatic carbocycles. The van der Waals surface area contributed by atoms with E-state index in [0.29, 0.717) is 0 Å². The molecule has 0 saturated heterocycles. The van der Waals surface area contributed by atoms with Crippen LogP contribution in [0.4, 0.5) is 0 Å². The van der Waals surface area contributed by atoms with Gasteiger partial charge in [0.25, 0.3) is 0 Å². The van der Waals surface area contributed by atoms with Gasteiger partial charge in [0.1, 0.15) is 11.5 Å². The predicted octanol–water partition coefficient (Wildman–Crippen LogP) is 3.48. The van der Waals surface area contributed by atoms with Gasteiger partial charge >= 0.3 is 20.8 Å². The summed E-state index contributed by atoms with van der Waals surface area (Å²) in [5, 5.41) is 0. The van der Waals surface area contributed by atoms with E-state index in [9.17, 15) is 16.8 Å². The summed E-state index contributed by atoms with van der Waals surface area (Å²) in [5.41, 5.74) is 1.79. The molecule has 0 heterocycles. The first-order chi connectivity index (χ1) is 14.2. The van der Waals surface area contributed by atoms with Crippen molar-refractivity contribution in [1.29, 1.82) is 0 Å². The van der Waals surface area contributed by atoms with Crippen molar-refractivity contribution in [2.75, 3.05) is 14.2 Å². The van der Waals surface area contributed by atoms with Gasteiger partial charge < -0.3 is 8.37 Å². The van der Waals surface area contributed by atoms with Crippen molar-refractivity contribution in [3.8, 4) is 11.5 Å². The maximum absolute atomic E-state index is 11.5. The third-order valence-corrected chi connectivity index (χ3v) is 6.94. The average molecular weight is 457 g/mol. The topological polar surface area (TPSA) is 105 Å². The summed E-state index contributed by atoms with van der Waals surface area (Å²) in [7, 11) is -6.08. The van der Waals surface area contributed by atoms with Crippen LogP contribution in [0, 0.1) is 0 Å². The Kier molecular flexibility index (Phi) is 6.71. The van der Waals surface area contributed by atoms with Crippen molar-refractivity contribution in [3.63, 3.8) is 0 Å². The highest BCUT2D eigenvalue weighted by Crippen LogP contribution is 2.45. The predicted molar refractivity (Wildman–Crippen MR) is 110 cm³/mol. The van der Waals surface area contributed by atoms with Gasteiger partial charge in [-0.2, -0.15) is 16.8 Å². The van der Waals surface area contributed by atoms with E-state index in [1.807, 2.05) is 24.3 Å². The van der Waals surface area contributed by atoms with Gasteiger partial charge in [-0.1, -0.05) is 43.5 Å². The zero-order chi connectivity index (χ0) is 21.8. The maximum atomic E-state index is 11.5. The van der Waals surface area contributed by atoms with Crippen LogP contribution >= 0.6 is 0 Å². The van der Waals surface area contributed by atoms with Gasteiger partial charge in [-0.3, -0.25) is 0 Å². The van der Waals surface area contributed by atoms with Crippen LogP contribution in [-0.4, -0.2) is 31.1 Å². The summed E-state index contributed by atoms with van der Waals surface area (Å²) in [6.45, 7) is 0. The fourth-order valence-corrected chi connectivity index (χ4v) is 4.69. The minimum absolute atomic E-state index is 0.167. The molecule has 2 aromatic carbocycles. The third kappa shape index (κ3) is 5.12. The third-order valence-electron chi connectivity index (χ3n) is 5.33. The van der Waals surface area contributed by atoms with Crippen LogP contribution in [0.15, 0.2) is 48.5 Å². The van der Waals surface area contributed by atoms with Gasteiger partial charge in [0, 0.05) is 5.41 Å². The van der Waals surface area contributed by atoms with Gasteiger partial charge in [0.2, 0.25) is 0 Å². The van der Waals surface area contributed by atoms with Crippen LogP contribution in [0.1, 0.15) is 43.2 Å². The molecule has 164 valence electrons. The number of benzene rings is 2. The summed E-state index contributed by atoms with van der Waals surface area (Å²) in [6.07, 6.45) is 5.07. The molecule has 3 rings (SSSR count). The SMILES string of the molecule is COS(=O)(=O)Oc1ccc(C2(c3ccc(OS(=O)(=O)OC)cc3)CCCCC2)cc1. The second kappa shape index (κ2) is 8.93. The van der Waals surface area contributed by atoms with Crippen LogP contribution in [0.2, 0.25) is 0 Å². The highest BCUT2D eigenvalue weighted by atomic mass is 32.3. The van der Waals surface area contributed by atoms with Gasteiger partial charge in [-0.25, -0.2) is 8.37 Å². The van der Waals surface area contributed by atoms with E-state index >= 15 is 0 Å². The Labute approximate surface area is 177 Å². The molecular formula is C20H24O8S2. The Balaban J connectivity index is 1.91. The normalized spacial score (nSPS) is 16.7. The number of hydrogen-bond acceptors (Lipinski definition) is 8.